The standard InChI is InChI=1S/C16H16N2O3S/c1-5-8-18-12-7-6-11(15(20)21-4)9-13(12)22-16(18)17-14(19)10(2)3/h1,6-7,9-10H,8H2,2-4H3. The minimum Gasteiger partial charge on any atom is -0.465 e. The summed E-state index contributed by atoms with van der Waals surface area (Å²) >= 11 is 1.32. The van der Waals surface area contributed by atoms with Crippen LogP contribution in [0, 0.1) is 18.3 Å². The lowest BCUT2D eigenvalue weighted by Crippen LogP contribution is -2.18. The predicted molar refractivity (Wildman–Crippen MR) is 85.4 cm³/mol. The van der Waals surface area contributed by atoms with E-state index in [1.54, 1.807) is 36.6 Å². The maximum atomic E-state index is 11.9. The van der Waals surface area contributed by atoms with Gasteiger partial charge in [0.05, 0.1) is 29.4 Å². The van der Waals surface area contributed by atoms with E-state index in [9.17, 15) is 9.59 Å². The summed E-state index contributed by atoms with van der Waals surface area (Å²) in [6, 6.07) is 5.17. The first-order valence-corrected chi connectivity index (χ1v) is 7.53. The first-order valence-electron chi connectivity index (χ1n) is 6.71. The Kier molecular flexibility index (Phi) is 4.78. The molecule has 0 saturated carbocycles. The molecule has 0 unspecified atom stereocenters. The van der Waals surface area contributed by atoms with Gasteiger partial charge in [-0.15, -0.1) is 6.42 Å². The topological polar surface area (TPSA) is 60.7 Å². The summed E-state index contributed by atoms with van der Waals surface area (Å²) in [6.45, 7) is 3.89. The van der Waals surface area contributed by atoms with E-state index in [0.717, 1.165) is 10.2 Å². The summed E-state index contributed by atoms with van der Waals surface area (Å²) in [7, 11) is 1.33. The van der Waals surface area contributed by atoms with Crippen LogP contribution in [0.3, 0.4) is 0 Å². The lowest BCUT2D eigenvalue weighted by atomic mass is 10.2. The number of hydrogen-bond donors (Lipinski definition) is 0. The largest absolute Gasteiger partial charge is 0.465 e. The number of aromatic nitrogens is 1. The van der Waals surface area contributed by atoms with Crippen molar-refractivity contribution in [3.63, 3.8) is 0 Å². The molecule has 0 aliphatic carbocycles. The number of thiazole rings is 1. The smallest absolute Gasteiger partial charge is 0.337 e. The van der Waals surface area contributed by atoms with Crippen molar-refractivity contribution in [2.24, 2.45) is 10.9 Å². The highest BCUT2D eigenvalue weighted by Gasteiger charge is 2.12. The molecule has 1 aromatic heterocycles. The molecule has 1 heterocycles. The number of terminal acetylenes is 1. The first kappa shape index (κ1) is 16.0. The predicted octanol–water partition coefficient (Wildman–Crippen LogP) is 2.21. The van der Waals surface area contributed by atoms with Crippen molar-refractivity contribution in [1.82, 2.24) is 4.57 Å². The molecule has 0 aliphatic rings. The van der Waals surface area contributed by atoms with E-state index in [0.29, 0.717) is 16.9 Å². The van der Waals surface area contributed by atoms with Gasteiger partial charge in [-0.25, -0.2) is 4.79 Å². The van der Waals surface area contributed by atoms with Crippen LogP contribution in [0.25, 0.3) is 10.2 Å². The lowest BCUT2D eigenvalue weighted by Gasteiger charge is -2.02. The maximum absolute atomic E-state index is 11.9. The van der Waals surface area contributed by atoms with Gasteiger partial charge in [-0.1, -0.05) is 31.1 Å². The monoisotopic (exact) mass is 316 g/mol. The summed E-state index contributed by atoms with van der Waals surface area (Å²) in [6.07, 6.45) is 5.40. The second-order valence-electron chi connectivity index (χ2n) is 4.95. The summed E-state index contributed by atoms with van der Waals surface area (Å²) in [5.41, 5.74) is 1.29. The van der Waals surface area contributed by atoms with Crippen LogP contribution in [-0.2, 0) is 16.1 Å². The van der Waals surface area contributed by atoms with Gasteiger partial charge in [0.1, 0.15) is 0 Å². The Morgan fingerprint density at radius 2 is 2.18 bits per heavy atom. The fourth-order valence-electron chi connectivity index (χ4n) is 1.87. The maximum Gasteiger partial charge on any atom is 0.337 e. The summed E-state index contributed by atoms with van der Waals surface area (Å²) in [5, 5.41) is 0. The molecule has 2 aromatic rings. The minimum atomic E-state index is -0.407. The van der Waals surface area contributed by atoms with Gasteiger partial charge in [0.25, 0.3) is 5.91 Å². The van der Waals surface area contributed by atoms with E-state index in [1.807, 2.05) is 0 Å². The highest BCUT2D eigenvalue weighted by atomic mass is 32.1. The van der Waals surface area contributed by atoms with E-state index >= 15 is 0 Å². The van der Waals surface area contributed by atoms with Crippen molar-refractivity contribution >= 4 is 33.4 Å². The molecule has 0 radical (unpaired) electrons. The number of nitrogens with zero attached hydrogens (tertiary/aromatic N) is 2. The number of ether oxygens (including phenoxy) is 1. The molecular weight excluding hydrogens is 300 g/mol. The number of methoxy groups -OCH3 is 1. The van der Waals surface area contributed by atoms with Gasteiger partial charge in [-0.05, 0) is 18.2 Å². The second-order valence-corrected chi connectivity index (χ2v) is 5.96. The highest BCUT2D eigenvalue weighted by Crippen LogP contribution is 2.20. The molecule has 0 fully saturated rings. The van der Waals surface area contributed by atoms with Crippen molar-refractivity contribution in [2.45, 2.75) is 20.4 Å². The molecule has 0 atom stereocenters. The Balaban J connectivity index is 2.66. The van der Waals surface area contributed by atoms with Crippen molar-refractivity contribution in [2.75, 3.05) is 7.11 Å². The van der Waals surface area contributed by atoms with Gasteiger partial charge in [0.2, 0.25) is 0 Å². The first-order chi connectivity index (χ1) is 10.5. The summed E-state index contributed by atoms with van der Waals surface area (Å²) in [5.74, 6) is 1.77. The Bertz CT molecular complexity index is 837. The third kappa shape index (κ3) is 3.10. The summed E-state index contributed by atoms with van der Waals surface area (Å²) in [4.78, 5) is 28.2. The molecule has 114 valence electrons. The lowest BCUT2D eigenvalue weighted by molar-refractivity contribution is -0.120. The van der Waals surface area contributed by atoms with Crippen molar-refractivity contribution < 1.29 is 14.3 Å². The third-order valence-corrected chi connectivity index (χ3v) is 4.09. The zero-order chi connectivity index (χ0) is 16.3. The van der Waals surface area contributed by atoms with Gasteiger partial charge in [-0.3, -0.25) is 4.79 Å². The average Bonchev–Trinajstić information content (AvgIpc) is 2.83. The number of rotatable bonds is 3. The van der Waals surface area contributed by atoms with Crippen LogP contribution in [0.2, 0.25) is 0 Å². The molecule has 6 heteroatoms. The molecule has 1 amide bonds. The summed E-state index contributed by atoms with van der Waals surface area (Å²) < 4.78 is 7.34. The molecule has 0 aliphatic heterocycles. The van der Waals surface area contributed by atoms with E-state index in [1.165, 1.54) is 18.4 Å². The van der Waals surface area contributed by atoms with Crippen LogP contribution in [0.1, 0.15) is 24.2 Å². The third-order valence-electron chi connectivity index (χ3n) is 3.05. The Hall–Kier alpha value is -2.39. The molecule has 0 saturated heterocycles. The number of esters is 1. The Morgan fingerprint density at radius 1 is 1.45 bits per heavy atom. The molecule has 0 N–H and O–H groups in total. The van der Waals surface area contributed by atoms with Crippen LogP contribution in [0.15, 0.2) is 23.2 Å². The van der Waals surface area contributed by atoms with E-state index in [2.05, 4.69) is 10.9 Å². The number of hydrogen-bond acceptors (Lipinski definition) is 4. The normalized spacial score (nSPS) is 11.7. The quantitative estimate of drug-likeness (QED) is 0.644. The van der Waals surface area contributed by atoms with Gasteiger partial charge in [-0.2, -0.15) is 4.99 Å². The van der Waals surface area contributed by atoms with Crippen LogP contribution in [0.4, 0.5) is 0 Å². The molecule has 1 aromatic carbocycles. The Labute approximate surface area is 132 Å². The highest BCUT2D eigenvalue weighted by molar-refractivity contribution is 7.16. The molecule has 5 nitrogen and oxygen atoms in total. The number of carbonyl (C=O) groups excluding carboxylic acids is 2. The van der Waals surface area contributed by atoms with Crippen LogP contribution in [-0.4, -0.2) is 23.6 Å². The van der Waals surface area contributed by atoms with Gasteiger partial charge in [0, 0.05) is 5.92 Å². The van der Waals surface area contributed by atoms with Crippen molar-refractivity contribution in [3.05, 3.63) is 28.6 Å². The van der Waals surface area contributed by atoms with Crippen LogP contribution < -0.4 is 4.80 Å². The molecule has 0 bridgehead atoms. The number of benzene rings is 1. The number of fused-ring (bicyclic) bond motifs is 1. The van der Waals surface area contributed by atoms with Gasteiger partial charge >= 0.3 is 5.97 Å². The van der Waals surface area contributed by atoms with Crippen molar-refractivity contribution in [3.8, 4) is 12.3 Å². The SMILES string of the molecule is C#CCn1c(=NC(=O)C(C)C)sc2cc(C(=O)OC)ccc21. The zero-order valence-corrected chi connectivity index (χ0v) is 13.4. The van der Waals surface area contributed by atoms with Gasteiger partial charge < -0.3 is 9.30 Å². The van der Waals surface area contributed by atoms with E-state index in [-0.39, 0.29) is 11.8 Å². The molecular formula is C16H16N2O3S. The minimum absolute atomic E-state index is 0.185. The number of carbonyl (C=O) groups is 2. The molecule has 22 heavy (non-hydrogen) atoms. The molecule has 0 spiro atoms. The van der Waals surface area contributed by atoms with Gasteiger partial charge in [0.15, 0.2) is 4.80 Å². The fraction of sp³-hybridized carbons (Fsp3) is 0.312. The zero-order valence-electron chi connectivity index (χ0n) is 12.6. The van der Waals surface area contributed by atoms with Crippen molar-refractivity contribution in [1.29, 1.82) is 0 Å². The van der Waals surface area contributed by atoms with Crippen LogP contribution >= 0.6 is 11.3 Å². The second kappa shape index (κ2) is 6.58. The van der Waals surface area contributed by atoms with E-state index in [4.69, 9.17) is 11.2 Å². The molecule has 2 rings (SSSR count). The number of amides is 1. The average molecular weight is 316 g/mol. The van der Waals surface area contributed by atoms with Crippen LogP contribution in [0.5, 0.6) is 0 Å². The Morgan fingerprint density at radius 3 is 2.77 bits per heavy atom. The fourth-order valence-corrected chi connectivity index (χ4v) is 2.94. The van der Waals surface area contributed by atoms with E-state index < -0.39 is 5.97 Å².